The Labute approximate surface area is 288 Å². The highest BCUT2D eigenvalue weighted by molar-refractivity contribution is 9.10. The molecule has 0 spiro atoms. The van der Waals surface area contributed by atoms with Crippen molar-refractivity contribution in [3.63, 3.8) is 0 Å². The molecule has 47 heavy (non-hydrogen) atoms. The smallest absolute Gasteiger partial charge is 0.321 e. The maximum absolute atomic E-state index is 13.6. The summed E-state index contributed by atoms with van der Waals surface area (Å²) in [6.45, 7) is 3.99. The Hall–Kier alpha value is -3.88. The molecule has 11 nitrogen and oxygen atoms in total. The number of hydrogen-bond donors (Lipinski definition) is 0. The van der Waals surface area contributed by atoms with E-state index < -0.39 is 11.6 Å². The molecule has 5 aromatic rings. The van der Waals surface area contributed by atoms with E-state index in [0.29, 0.717) is 34.2 Å². The maximum atomic E-state index is 13.6. The highest BCUT2D eigenvalue weighted by Gasteiger charge is 2.42. The predicted octanol–water partition coefficient (Wildman–Crippen LogP) is 7.37. The Balaban J connectivity index is 0.000000203. The van der Waals surface area contributed by atoms with Crippen molar-refractivity contribution in [1.82, 2.24) is 39.5 Å². The Kier molecular flexibility index (Phi) is 9.90. The molecule has 2 fully saturated rings. The van der Waals surface area contributed by atoms with E-state index in [-0.39, 0.29) is 21.8 Å². The Bertz CT molecular complexity index is 1840. The molecule has 16 heteroatoms. The lowest BCUT2D eigenvalue weighted by atomic mass is 9.82. The molecule has 0 N–H and O–H groups in total. The van der Waals surface area contributed by atoms with Crippen LogP contribution in [0.4, 0.5) is 14.6 Å². The van der Waals surface area contributed by atoms with Crippen LogP contribution in [-0.4, -0.2) is 52.6 Å². The van der Waals surface area contributed by atoms with Gasteiger partial charge >= 0.3 is 12.0 Å². The first-order chi connectivity index (χ1) is 22.5. The molecular weight excluding hydrogens is 719 g/mol. The second kappa shape index (κ2) is 14.1. The number of nitrogens with zero attached hydrogens (tertiary/aromatic N) is 9. The first kappa shape index (κ1) is 33.0. The van der Waals surface area contributed by atoms with Crippen LogP contribution in [-0.2, 0) is 20.5 Å². The molecular formula is C31H30BrCl2F2N9O2. The molecule has 1 aliphatic carbocycles. The van der Waals surface area contributed by atoms with Crippen LogP contribution in [0, 0.1) is 36.3 Å². The second-order valence-electron chi connectivity index (χ2n) is 11.5. The number of aryl methyl sites for hydroxylation is 3. The lowest BCUT2D eigenvalue weighted by molar-refractivity contribution is 0.264. The summed E-state index contributed by atoms with van der Waals surface area (Å²) in [5.41, 5.74) is 0.990. The van der Waals surface area contributed by atoms with Crippen LogP contribution in [0.1, 0.15) is 24.4 Å². The highest BCUT2D eigenvalue weighted by Crippen LogP contribution is 2.44. The number of benzene rings is 2. The molecule has 1 saturated heterocycles. The van der Waals surface area contributed by atoms with Crippen molar-refractivity contribution in [2.75, 3.05) is 18.0 Å². The van der Waals surface area contributed by atoms with Crippen LogP contribution >= 0.6 is 39.1 Å². The topological polar surface area (TPSA) is 109 Å². The summed E-state index contributed by atoms with van der Waals surface area (Å²) < 4.78 is 41.1. The summed E-state index contributed by atoms with van der Waals surface area (Å²) in [5, 5.41) is 9.01. The summed E-state index contributed by atoms with van der Waals surface area (Å²) in [6.07, 6.45) is 4.89. The summed E-state index contributed by atoms with van der Waals surface area (Å²) in [6, 6.07) is 10.6. The first-order valence-electron chi connectivity index (χ1n) is 14.8. The van der Waals surface area contributed by atoms with Crippen LogP contribution < -0.4 is 14.4 Å². The van der Waals surface area contributed by atoms with Crippen LogP contribution in [0.15, 0.2) is 53.5 Å². The molecule has 2 aromatic carbocycles. The number of piperidine rings is 1. The van der Waals surface area contributed by atoms with Crippen molar-refractivity contribution in [2.45, 2.75) is 26.2 Å². The van der Waals surface area contributed by atoms with Crippen molar-refractivity contribution < 1.29 is 18.3 Å². The molecule has 4 heterocycles. The van der Waals surface area contributed by atoms with Gasteiger partial charge < -0.3 is 14.4 Å². The van der Waals surface area contributed by atoms with Gasteiger partial charge in [0, 0.05) is 67.5 Å². The Morgan fingerprint density at radius 3 is 1.91 bits per heavy atom. The van der Waals surface area contributed by atoms with Crippen LogP contribution in [0.3, 0.4) is 0 Å². The number of ether oxygens (including phenoxy) is 2. The lowest BCUT2D eigenvalue weighted by Gasteiger charge is -2.38. The van der Waals surface area contributed by atoms with E-state index in [2.05, 4.69) is 57.0 Å². The monoisotopic (exact) mass is 747 g/mol. The Morgan fingerprint density at radius 1 is 0.809 bits per heavy atom. The lowest BCUT2D eigenvalue weighted by Crippen LogP contribution is -2.43. The third-order valence-corrected chi connectivity index (χ3v) is 8.89. The molecule has 2 bridgehead atoms. The molecule has 2 aliphatic rings. The summed E-state index contributed by atoms with van der Waals surface area (Å²) >= 11 is 14.7. The highest BCUT2D eigenvalue weighted by atomic mass is 79.9. The van der Waals surface area contributed by atoms with Crippen LogP contribution in [0.25, 0.3) is 0 Å². The summed E-state index contributed by atoms with van der Waals surface area (Å²) in [4.78, 5) is 19.6. The quantitative estimate of drug-likeness (QED) is 0.169. The molecule has 1 aliphatic heterocycles. The van der Waals surface area contributed by atoms with Gasteiger partial charge in [0.05, 0.1) is 0 Å². The number of hydrogen-bond acceptors (Lipinski definition) is 9. The molecule has 7 rings (SSSR count). The van der Waals surface area contributed by atoms with E-state index in [0.717, 1.165) is 36.8 Å². The third-order valence-electron chi connectivity index (χ3n) is 8.12. The van der Waals surface area contributed by atoms with Crippen LogP contribution in [0.5, 0.6) is 23.5 Å². The number of anilines is 1. The zero-order valence-electron chi connectivity index (χ0n) is 25.6. The molecule has 3 aromatic heterocycles. The van der Waals surface area contributed by atoms with Gasteiger partial charge in [-0.15, -0.1) is 5.10 Å². The van der Waals surface area contributed by atoms with Gasteiger partial charge in [0.1, 0.15) is 35.3 Å². The van der Waals surface area contributed by atoms with E-state index in [9.17, 15) is 8.78 Å². The van der Waals surface area contributed by atoms with Crippen molar-refractivity contribution >= 4 is 44.9 Å². The van der Waals surface area contributed by atoms with E-state index in [4.69, 9.17) is 32.7 Å². The van der Waals surface area contributed by atoms with Gasteiger partial charge in [0.15, 0.2) is 5.82 Å². The molecule has 1 unspecified atom stereocenters. The zero-order chi connectivity index (χ0) is 33.2. The van der Waals surface area contributed by atoms with Crippen molar-refractivity contribution in [1.29, 1.82) is 0 Å². The standard InChI is InChI=1S/C22H24ClFN6O.C9H6BrClFN3O/c1-13-5-21(26-12-25-13)30-10-14-3-4-15(11-30)19(14)9-20-27-22(29(2)28-20)31-18-7-16(23)6-17(24)8-18;1-15-9(13-8(10)14-15)16-7-3-5(11)2-6(12)4-7/h5-8,12,14-15,19H,3-4,9-11H2,1-2H3;2-4H,1H3/t14-,15+,19?;. The minimum Gasteiger partial charge on any atom is -0.424 e. The van der Waals surface area contributed by atoms with Gasteiger partial charge in [-0.3, -0.25) is 0 Å². The van der Waals surface area contributed by atoms with Gasteiger partial charge in [0.2, 0.25) is 4.73 Å². The van der Waals surface area contributed by atoms with Crippen molar-refractivity contribution in [3.05, 3.63) is 86.7 Å². The van der Waals surface area contributed by atoms with Gasteiger partial charge in [-0.1, -0.05) is 23.2 Å². The minimum atomic E-state index is -0.469. The fourth-order valence-corrected chi connectivity index (χ4v) is 6.90. The largest absolute Gasteiger partial charge is 0.424 e. The third kappa shape index (κ3) is 8.17. The number of fused-ring (bicyclic) bond motifs is 2. The maximum Gasteiger partial charge on any atom is 0.321 e. The van der Waals surface area contributed by atoms with Gasteiger partial charge in [-0.2, -0.15) is 15.1 Å². The molecule has 246 valence electrons. The zero-order valence-corrected chi connectivity index (χ0v) is 28.7. The van der Waals surface area contributed by atoms with Gasteiger partial charge in [-0.05, 0) is 77.7 Å². The first-order valence-corrected chi connectivity index (χ1v) is 16.3. The average Bonchev–Trinajstić information content (AvgIpc) is 3.56. The molecule has 1 saturated carbocycles. The number of halogens is 5. The number of rotatable bonds is 7. The van der Waals surface area contributed by atoms with Crippen LogP contribution in [0.2, 0.25) is 10.0 Å². The van der Waals surface area contributed by atoms with E-state index in [1.807, 2.05) is 6.92 Å². The fraction of sp³-hybridized carbons (Fsp3) is 0.355. The van der Waals surface area contributed by atoms with Gasteiger partial charge in [0.25, 0.3) is 0 Å². The summed E-state index contributed by atoms with van der Waals surface area (Å²) in [7, 11) is 3.44. The van der Waals surface area contributed by atoms with Crippen molar-refractivity contribution in [3.8, 4) is 23.5 Å². The van der Waals surface area contributed by atoms with E-state index in [1.165, 1.54) is 47.9 Å². The normalized spacial score (nSPS) is 18.6. The minimum absolute atomic E-state index is 0.244. The Morgan fingerprint density at radius 2 is 1.38 bits per heavy atom. The average molecular weight is 749 g/mol. The van der Waals surface area contributed by atoms with Crippen molar-refractivity contribution in [2.24, 2.45) is 31.8 Å². The van der Waals surface area contributed by atoms with E-state index in [1.54, 1.807) is 31.2 Å². The number of aromatic nitrogens is 8. The van der Waals surface area contributed by atoms with Gasteiger partial charge in [-0.25, -0.2) is 28.1 Å². The molecule has 3 atom stereocenters. The SMILES string of the molecule is Cc1cc(N2C[C@H]3CC[C@@H](C2)C3Cc2nc(Oc3cc(F)cc(Cl)c3)n(C)n2)ncn1.Cn1nc(Br)nc1Oc1cc(F)cc(Cl)c1. The fourth-order valence-electron chi connectivity index (χ4n) is 6.09. The predicted molar refractivity (Wildman–Crippen MR) is 175 cm³/mol. The molecule has 0 radical (unpaired) electrons. The second-order valence-corrected chi connectivity index (χ2v) is 13.1. The molecule has 0 amide bonds. The summed E-state index contributed by atoms with van der Waals surface area (Å²) in [5.74, 6) is 3.15. The van der Waals surface area contributed by atoms with E-state index >= 15 is 0 Å².